The summed E-state index contributed by atoms with van der Waals surface area (Å²) in [7, 11) is 8.24. The van der Waals surface area contributed by atoms with Gasteiger partial charge in [-0.3, -0.25) is 4.99 Å². The van der Waals surface area contributed by atoms with E-state index in [1.165, 1.54) is 5.56 Å². The van der Waals surface area contributed by atoms with Gasteiger partial charge in [0.2, 0.25) is 0 Å². The fourth-order valence-corrected chi connectivity index (χ4v) is 3.55. The highest BCUT2D eigenvalue weighted by atomic mass is 127. The van der Waals surface area contributed by atoms with Crippen LogP contribution in [0.3, 0.4) is 0 Å². The predicted molar refractivity (Wildman–Crippen MR) is 109 cm³/mol. The Morgan fingerprint density at radius 2 is 2.04 bits per heavy atom. The number of halogens is 1. The van der Waals surface area contributed by atoms with Crippen LogP contribution in [0.1, 0.15) is 18.4 Å². The number of aliphatic imine (C=N–C) groups is 1. The van der Waals surface area contributed by atoms with E-state index in [9.17, 15) is 0 Å². The largest absolute Gasteiger partial charge is 0.381 e. The quantitative estimate of drug-likeness (QED) is 0.424. The zero-order valence-electron chi connectivity index (χ0n) is 14.5. The SMILES string of the molecule is CN=C(NCC1(N(C)C)CCOCC1)N(C)Cc1ccsc1.I. The van der Waals surface area contributed by atoms with Crippen molar-refractivity contribution in [3.8, 4) is 0 Å². The number of rotatable bonds is 5. The summed E-state index contributed by atoms with van der Waals surface area (Å²) < 4.78 is 5.53. The molecule has 0 radical (unpaired) electrons. The molecule has 5 nitrogen and oxygen atoms in total. The van der Waals surface area contributed by atoms with E-state index < -0.39 is 0 Å². The van der Waals surface area contributed by atoms with Crippen LogP contribution < -0.4 is 5.32 Å². The van der Waals surface area contributed by atoms with E-state index in [-0.39, 0.29) is 29.5 Å². The molecule has 7 heteroatoms. The average molecular weight is 452 g/mol. The Kier molecular flexibility index (Phi) is 8.81. The third-order valence-electron chi connectivity index (χ3n) is 4.52. The molecule has 0 spiro atoms. The van der Waals surface area contributed by atoms with Crippen molar-refractivity contribution in [1.82, 2.24) is 15.1 Å². The molecule has 0 aliphatic carbocycles. The monoisotopic (exact) mass is 452 g/mol. The molecule has 0 aromatic carbocycles. The lowest BCUT2D eigenvalue weighted by Crippen LogP contribution is -2.57. The summed E-state index contributed by atoms with van der Waals surface area (Å²) in [6.45, 7) is 3.44. The van der Waals surface area contributed by atoms with Gasteiger partial charge in [-0.2, -0.15) is 11.3 Å². The Balaban J connectivity index is 0.00000264. The first kappa shape index (κ1) is 20.7. The molecule has 0 amide bonds. The second kappa shape index (κ2) is 9.80. The first-order chi connectivity index (χ1) is 10.6. The number of guanidine groups is 1. The van der Waals surface area contributed by atoms with Crippen molar-refractivity contribution in [2.75, 3.05) is 47.9 Å². The van der Waals surface area contributed by atoms with Gasteiger partial charge < -0.3 is 19.9 Å². The zero-order valence-corrected chi connectivity index (χ0v) is 17.7. The smallest absolute Gasteiger partial charge is 0.193 e. The summed E-state index contributed by atoms with van der Waals surface area (Å²) in [5, 5.41) is 7.85. The lowest BCUT2D eigenvalue weighted by Gasteiger charge is -2.43. The van der Waals surface area contributed by atoms with Gasteiger partial charge in [0.05, 0.1) is 0 Å². The Labute approximate surface area is 161 Å². The zero-order chi connectivity index (χ0) is 16.0. The van der Waals surface area contributed by atoms with E-state index in [4.69, 9.17) is 4.74 Å². The number of hydrogen-bond acceptors (Lipinski definition) is 4. The number of ether oxygens (including phenoxy) is 1. The van der Waals surface area contributed by atoms with Crippen LogP contribution in [0, 0.1) is 0 Å². The normalized spacial score (nSPS) is 17.7. The lowest BCUT2D eigenvalue weighted by molar-refractivity contribution is -0.00522. The molecule has 1 aromatic rings. The minimum Gasteiger partial charge on any atom is -0.381 e. The number of nitrogens with one attached hydrogen (secondary N) is 1. The molecule has 1 aromatic heterocycles. The number of hydrogen-bond donors (Lipinski definition) is 1. The maximum Gasteiger partial charge on any atom is 0.193 e. The molecular weight excluding hydrogens is 423 g/mol. The van der Waals surface area contributed by atoms with Crippen molar-refractivity contribution >= 4 is 41.3 Å². The van der Waals surface area contributed by atoms with Gasteiger partial charge >= 0.3 is 0 Å². The van der Waals surface area contributed by atoms with Crippen molar-refractivity contribution in [3.63, 3.8) is 0 Å². The first-order valence-electron chi connectivity index (χ1n) is 7.75. The Morgan fingerprint density at radius 1 is 1.35 bits per heavy atom. The van der Waals surface area contributed by atoms with E-state index in [1.54, 1.807) is 11.3 Å². The van der Waals surface area contributed by atoms with Gasteiger partial charge in [0, 0.05) is 45.9 Å². The minimum atomic E-state index is 0. The van der Waals surface area contributed by atoms with Gasteiger partial charge in [-0.05, 0) is 49.3 Å². The van der Waals surface area contributed by atoms with Crippen LogP contribution in [0.4, 0.5) is 0 Å². The topological polar surface area (TPSA) is 40.1 Å². The molecule has 0 bridgehead atoms. The van der Waals surface area contributed by atoms with E-state index in [1.807, 2.05) is 7.05 Å². The Bertz CT molecular complexity index is 472. The summed E-state index contributed by atoms with van der Waals surface area (Å²) >= 11 is 1.73. The first-order valence-corrected chi connectivity index (χ1v) is 8.70. The highest BCUT2D eigenvalue weighted by Gasteiger charge is 2.35. The number of nitrogens with zero attached hydrogens (tertiary/aromatic N) is 3. The second-order valence-electron chi connectivity index (χ2n) is 6.12. The standard InChI is InChI=1S/C16H28N4OS.HI/c1-17-15(20(4)11-14-5-10-22-12-14)18-13-16(19(2)3)6-8-21-9-7-16;/h5,10,12H,6-9,11,13H2,1-4H3,(H,17,18);1H. The van der Waals surface area contributed by atoms with Crippen LogP contribution in [0.2, 0.25) is 0 Å². The van der Waals surface area contributed by atoms with Crippen molar-refractivity contribution in [3.05, 3.63) is 22.4 Å². The van der Waals surface area contributed by atoms with E-state index in [2.05, 4.69) is 58.1 Å². The summed E-state index contributed by atoms with van der Waals surface area (Å²) in [6.07, 6.45) is 2.11. The van der Waals surface area contributed by atoms with Crippen molar-refractivity contribution < 1.29 is 4.74 Å². The van der Waals surface area contributed by atoms with Crippen LogP contribution in [0.25, 0.3) is 0 Å². The van der Waals surface area contributed by atoms with Gasteiger partial charge in [-0.15, -0.1) is 24.0 Å². The highest BCUT2D eigenvalue weighted by Crippen LogP contribution is 2.25. The Morgan fingerprint density at radius 3 is 2.57 bits per heavy atom. The summed E-state index contributed by atoms with van der Waals surface area (Å²) in [5.74, 6) is 0.943. The maximum atomic E-state index is 5.53. The van der Waals surface area contributed by atoms with Crippen molar-refractivity contribution in [2.24, 2.45) is 4.99 Å². The molecule has 1 N–H and O–H groups in total. The maximum absolute atomic E-state index is 5.53. The molecule has 132 valence electrons. The molecule has 1 aliphatic heterocycles. The third-order valence-corrected chi connectivity index (χ3v) is 5.25. The van der Waals surface area contributed by atoms with Crippen LogP contribution in [-0.2, 0) is 11.3 Å². The number of thiophene rings is 1. The van der Waals surface area contributed by atoms with Gasteiger partial charge in [0.15, 0.2) is 5.96 Å². The van der Waals surface area contributed by atoms with Crippen LogP contribution in [0.15, 0.2) is 21.8 Å². The Hall–Kier alpha value is -0.380. The van der Waals surface area contributed by atoms with Gasteiger partial charge in [0.1, 0.15) is 0 Å². The van der Waals surface area contributed by atoms with Crippen molar-refractivity contribution in [2.45, 2.75) is 24.9 Å². The predicted octanol–water partition coefficient (Wildman–Crippen LogP) is 2.48. The van der Waals surface area contributed by atoms with E-state index >= 15 is 0 Å². The lowest BCUT2D eigenvalue weighted by atomic mass is 9.88. The van der Waals surface area contributed by atoms with E-state index in [0.29, 0.717) is 0 Å². The fourth-order valence-electron chi connectivity index (χ4n) is 2.89. The van der Waals surface area contributed by atoms with Gasteiger partial charge in [-0.25, -0.2) is 0 Å². The molecule has 0 saturated carbocycles. The second-order valence-corrected chi connectivity index (χ2v) is 6.90. The summed E-state index contributed by atoms with van der Waals surface area (Å²) in [4.78, 5) is 8.93. The van der Waals surface area contributed by atoms with Crippen LogP contribution in [0.5, 0.6) is 0 Å². The molecule has 23 heavy (non-hydrogen) atoms. The molecule has 1 saturated heterocycles. The van der Waals surface area contributed by atoms with Crippen LogP contribution in [-0.4, -0.2) is 69.2 Å². The van der Waals surface area contributed by atoms with E-state index in [0.717, 1.165) is 45.1 Å². The van der Waals surface area contributed by atoms with Gasteiger partial charge in [-0.1, -0.05) is 0 Å². The number of likely N-dealkylation sites (N-methyl/N-ethyl adjacent to an activating group) is 1. The molecule has 0 unspecified atom stereocenters. The van der Waals surface area contributed by atoms with Gasteiger partial charge in [0.25, 0.3) is 0 Å². The molecular formula is C16H29IN4OS. The summed E-state index contributed by atoms with van der Waals surface area (Å²) in [5.41, 5.74) is 1.47. The van der Waals surface area contributed by atoms with Crippen LogP contribution >= 0.6 is 35.3 Å². The fraction of sp³-hybridized carbons (Fsp3) is 0.688. The molecule has 0 atom stereocenters. The molecule has 2 heterocycles. The summed E-state index contributed by atoms with van der Waals surface area (Å²) in [6, 6.07) is 2.16. The average Bonchev–Trinajstić information content (AvgIpc) is 3.01. The molecule has 1 aliphatic rings. The third kappa shape index (κ3) is 5.58. The minimum absolute atomic E-state index is 0. The van der Waals surface area contributed by atoms with Crippen molar-refractivity contribution in [1.29, 1.82) is 0 Å². The molecule has 2 rings (SSSR count). The highest BCUT2D eigenvalue weighted by molar-refractivity contribution is 14.0. The molecule has 1 fully saturated rings.